The average molecular weight is 178 g/mol. The van der Waals surface area contributed by atoms with Crippen molar-refractivity contribution < 1.29 is 25.2 Å². The summed E-state index contributed by atoms with van der Waals surface area (Å²) in [5.41, 5.74) is 0.176. The first-order chi connectivity index (χ1) is 5.20. The van der Waals surface area contributed by atoms with Crippen LogP contribution in [0.25, 0.3) is 0 Å². The van der Waals surface area contributed by atoms with Crippen LogP contribution in [-0.2, 0) is 4.79 Å². The number of aliphatic carboxylic acids is 1. The molecule has 0 saturated carbocycles. The molecule has 0 bridgehead atoms. The van der Waals surface area contributed by atoms with E-state index in [2.05, 4.69) is 6.58 Å². The van der Waals surface area contributed by atoms with Crippen molar-refractivity contribution in [2.45, 2.75) is 26.2 Å². The maximum absolute atomic E-state index is 9.60. The molecule has 5 nitrogen and oxygen atoms in total. The van der Waals surface area contributed by atoms with Crippen LogP contribution >= 0.6 is 0 Å². The number of hydrogen-bond acceptors (Lipinski definition) is 4. The molecular weight excluding hydrogens is 164 g/mol. The molecule has 5 heteroatoms. The van der Waals surface area contributed by atoms with Gasteiger partial charge in [-0.15, -0.1) is 0 Å². The van der Waals surface area contributed by atoms with E-state index in [1.54, 1.807) is 0 Å². The minimum Gasteiger partial charge on any atom is -0.478 e. The van der Waals surface area contributed by atoms with Crippen LogP contribution in [-0.4, -0.2) is 32.4 Å². The van der Waals surface area contributed by atoms with Gasteiger partial charge < -0.3 is 20.4 Å². The van der Waals surface area contributed by atoms with Gasteiger partial charge in [-0.05, 0) is 6.92 Å². The molecule has 0 aromatic heterocycles. The highest BCUT2D eigenvalue weighted by atomic mass is 16.7. The Hall–Kier alpha value is -0.910. The van der Waals surface area contributed by atoms with Crippen LogP contribution in [0, 0.1) is 0 Å². The standard InChI is InChI=1S/C4H6O2.C3H8O3/c1-3(2)4(5)6;1-2-3(4,5)6/h1H2,2H3,(H,5,6);4-6H,2H2,1H3. The van der Waals surface area contributed by atoms with Gasteiger partial charge in [-0.2, -0.15) is 0 Å². The second-order valence-electron chi connectivity index (χ2n) is 2.21. The van der Waals surface area contributed by atoms with Gasteiger partial charge in [0.1, 0.15) is 0 Å². The van der Waals surface area contributed by atoms with E-state index in [0.29, 0.717) is 0 Å². The van der Waals surface area contributed by atoms with Gasteiger partial charge in [0.2, 0.25) is 0 Å². The summed E-state index contributed by atoms with van der Waals surface area (Å²) in [7, 11) is 0. The van der Waals surface area contributed by atoms with Crippen LogP contribution in [0.3, 0.4) is 0 Å². The molecule has 0 heterocycles. The van der Waals surface area contributed by atoms with Crippen molar-refractivity contribution in [1.82, 2.24) is 0 Å². The van der Waals surface area contributed by atoms with Crippen molar-refractivity contribution in [3.63, 3.8) is 0 Å². The highest BCUT2D eigenvalue weighted by molar-refractivity contribution is 5.84. The quantitative estimate of drug-likeness (QED) is 0.343. The molecular formula is C7H14O5. The van der Waals surface area contributed by atoms with Crippen molar-refractivity contribution in [1.29, 1.82) is 0 Å². The van der Waals surface area contributed by atoms with Crippen LogP contribution in [0.5, 0.6) is 0 Å². The maximum atomic E-state index is 9.60. The molecule has 0 saturated heterocycles. The number of hydrogen-bond donors (Lipinski definition) is 4. The van der Waals surface area contributed by atoms with Gasteiger partial charge >= 0.3 is 5.97 Å². The Kier molecular flexibility index (Phi) is 6.49. The fourth-order valence-electron chi connectivity index (χ4n) is 0. The molecule has 0 unspecified atom stereocenters. The van der Waals surface area contributed by atoms with E-state index in [0.717, 1.165) is 0 Å². The number of carboxylic acids is 1. The van der Waals surface area contributed by atoms with E-state index in [1.165, 1.54) is 13.8 Å². The van der Waals surface area contributed by atoms with Gasteiger partial charge in [0.25, 0.3) is 5.97 Å². The number of carbonyl (C=O) groups is 1. The van der Waals surface area contributed by atoms with Crippen molar-refractivity contribution >= 4 is 5.97 Å². The lowest BCUT2D eigenvalue weighted by molar-refractivity contribution is -0.312. The number of rotatable bonds is 2. The third-order valence-electron chi connectivity index (χ3n) is 0.839. The van der Waals surface area contributed by atoms with Crippen molar-refractivity contribution in [3.8, 4) is 0 Å². The molecule has 0 fully saturated rings. The first-order valence-corrected chi connectivity index (χ1v) is 3.26. The van der Waals surface area contributed by atoms with E-state index in [9.17, 15) is 4.79 Å². The minimum absolute atomic E-state index is 0.0625. The lowest BCUT2D eigenvalue weighted by Gasteiger charge is -2.08. The molecule has 72 valence electrons. The molecule has 12 heavy (non-hydrogen) atoms. The molecule has 0 aliphatic rings. The lowest BCUT2D eigenvalue weighted by atomic mass is 10.4. The van der Waals surface area contributed by atoms with E-state index >= 15 is 0 Å². The fraction of sp³-hybridized carbons (Fsp3) is 0.571. The largest absolute Gasteiger partial charge is 0.478 e. The number of carboxylic acid groups (broad SMARTS) is 1. The van der Waals surface area contributed by atoms with Crippen molar-refractivity contribution in [3.05, 3.63) is 12.2 Å². The van der Waals surface area contributed by atoms with Crippen molar-refractivity contribution in [2.24, 2.45) is 0 Å². The normalized spacial score (nSPS) is 9.75. The van der Waals surface area contributed by atoms with Crippen molar-refractivity contribution in [2.75, 3.05) is 0 Å². The summed E-state index contributed by atoms with van der Waals surface area (Å²) in [6.45, 7) is 6.06. The Morgan fingerprint density at radius 1 is 1.42 bits per heavy atom. The topological polar surface area (TPSA) is 98.0 Å². The Bertz CT molecular complexity index is 144. The van der Waals surface area contributed by atoms with E-state index in [1.807, 2.05) is 0 Å². The smallest absolute Gasteiger partial charge is 0.330 e. The third-order valence-corrected chi connectivity index (χ3v) is 0.839. The predicted octanol–water partition coefficient (Wildman–Crippen LogP) is -0.326. The summed E-state index contributed by atoms with van der Waals surface area (Å²) in [4.78, 5) is 9.60. The Labute approximate surface area is 70.6 Å². The Balaban J connectivity index is 0. The van der Waals surface area contributed by atoms with Crippen LogP contribution in [0.4, 0.5) is 0 Å². The summed E-state index contributed by atoms with van der Waals surface area (Å²) in [6.07, 6.45) is -0.0625. The minimum atomic E-state index is -2.46. The van der Waals surface area contributed by atoms with Crippen LogP contribution < -0.4 is 0 Å². The third kappa shape index (κ3) is 16.0. The lowest BCUT2D eigenvalue weighted by Crippen LogP contribution is -2.24. The summed E-state index contributed by atoms with van der Waals surface area (Å²) in [5.74, 6) is -3.39. The molecule has 0 radical (unpaired) electrons. The van der Waals surface area contributed by atoms with Gasteiger partial charge in [0.05, 0.1) is 0 Å². The van der Waals surface area contributed by atoms with E-state index < -0.39 is 11.9 Å². The van der Waals surface area contributed by atoms with Gasteiger partial charge in [-0.3, -0.25) is 0 Å². The highest BCUT2D eigenvalue weighted by Crippen LogP contribution is 1.95. The monoisotopic (exact) mass is 178 g/mol. The summed E-state index contributed by atoms with van der Waals surface area (Å²) in [5, 5.41) is 31.7. The fourth-order valence-corrected chi connectivity index (χ4v) is 0. The van der Waals surface area contributed by atoms with Gasteiger partial charge in [0.15, 0.2) is 0 Å². The molecule has 0 aromatic carbocycles. The zero-order valence-electron chi connectivity index (χ0n) is 7.11. The Morgan fingerprint density at radius 2 is 1.58 bits per heavy atom. The molecule has 0 amide bonds. The van der Waals surface area contributed by atoms with E-state index in [-0.39, 0.29) is 12.0 Å². The summed E-state index contributed by atoms with van der Waals surface area (Å²) in [6, 6.07) is 0. The predicted molar refractivity (Wildman–Crippen MR) is 42.1 cm³/mol. The van der Waals surface area contributed by atoms with Crippen LogP contribution in [0.2, 0.25) is 0 Å². The molecule has 0 aliphatic carbocycles. The Morgan fingerprint density at radius 3 is 1.58 bits per heavy atom. The zero-order chi connectivity index (χ0) is 10.4. The summed E-state index contributed by atoms with van der Waals surface area (Å²) >= 11 is 0. The van der Waals surface area contributed by atoms with Crippen LogP contribution in [0.15, 0.2) is 12.2 Å². The molecule has 0 rings (SSSR count). The second kappa shape index (κ2) is 5.70. The zero-order valence-corrected chi connectivity index (χ0v) is 7.11. The van der Waals surface area contributed by atoms with E-state index in [4.69, 9.17) is 20.4 Å². The van der Waals surface area contributed by atoms with Crippen LogP contribution in [0.1, 0.15) is 20.3 Å². The summed E-state index contributed by atoms with van der Waals surface area (Å²) < 4.78 is 0. The molecule has 4 N–H and O–H groups in total. The molecule has 0 aromatic rings. The first kappa shape index (κ1) is 13.7. The highest BCUT2D eigenvalue weighted by Gasteiger charge is 2.11. The van der Waals surface area contributed by atoms with Gasteiger partial charge in [-0.25, -0.2) is 4.79 Å². The molecule has 0 aliphatic heterocycles. The van der Waals surface area contributed by atoms with Gasteiger partial charge in [-0.1, -0.05) is 13.5 Å². The maximum Gasteiger partial charge on any atom is 0.330 e. The first-order valence-electron chi connectivity index (χ1n) is 3.26. The average Bonchev–Trinajstić information content (AvgIpc) is 1.87. The molecule has 0 spiro atoms. The molecule has 0 atom stereocenters. The second-order valence-corrected chi connectivity index (χ2v) is 2.21. The SMILES string of the molecule is C=C(C)C(=O)O.CCC(O)(O)O. The number of aliphatic hydroxyl groups is 3. The van der Waals surface area contributed by atoms with Gasteiger partial charge in [0, 0.05) is 12.0 Å².